The SMILES string of the molecule is CC(C)(C)OC(=O)N1CC2(C1)CN(c1nc(Cl)nc3c(F)c(Br)c(Cl)cc13)C2. The molecule has 150 valence electrons. The smallest absolute Gasteiger partial charge is 0.410 e. The molecule has 0 aliphatic carbocycles. The number of anilines is 1. The molecule has 2 aliphatic rings. The summed E-state index contributed by atoms with van der Waals surface area (Å²) in [5, 5.41) is 0.723. The summed E-state index contributed by atoms with van der Waals surface area (Å²) in [6.45, 7) is 8.15. The summed E-state index contributed by atoms with van der Waals surface area (Å²) in [5.41, 5.74) is -0.394. The Morgan fingerprint density at radius 3 is 2.50 bits per heavy atom. The number of fused-ring (bicyclic) bond motifs is 1. The van der Waals surface area contributed by atoms with E-state index in [1.807, 2.05) is 25.7 Å². The number of amides is 1. The summed E-state index contributed by atoms with van der Waals surface area (Å²) in [7, 11) is 0. The predicted octanol–water partition coefficient (Wildman–Crippen LogP) is 4.90. The number of aromatic nitrogens is 2. The number of ether oxygens (including phenoxy) is 1. The molecule has 6 nitrogen and oxygen atoms in total. The van der Waals surface area contributed by atoms with Crippen LogP contribution in [0.3, 0.4) is 0 Å². The van der Waals surface area contributed by atoms with Gasteiger partial charge < -0.3 is 14.5 Å². The molecule has 0 saturated carbocycles. The minimum atomic E-state index is -0.567. The average molecular weight is 492 g/mol. The van der Waals surface area contributed by atoms with E-state index in [0.29, 0.717) is 37.4 Å². The van der Waals surface area contributed by atoms with Gasteiger partial charge in [-0.1, -0.05) is 11.6 Å². The van der Waals surface area contributed by atoms with Crippen molar-refractivity contribution >= 4 is 61.9 Å². The summed E-state index contributed by atoms with van der Waals surface area (Å²) in [4.78, 5) is 24.1. The molecular weight excluding hydrogens is 474 g/mol. The van der Waals surface area contributed by atoms with Gasteiger partial charge in [0.25, 0.3) is 0 Å². The van der Waals surface area contributed by atoms with Crippen molar-refractivity contribution in [3.05, 3.63) is 26.7 Å². The number of nitrogens with zero attached hydrogens (tertiary/aromatic N) is 4. The molecule has 1 amide bonds. The Hall–Kier alpha value is -1.38. The summed E-state index contributed by atoms with van der Waals surface area (Å²) < 4.78 is 20.1. The zero-order valence-electron chi connectivity index (χ0n) is 15.5. The molecule has 2 saturated heterocycles. The first-order chi connectivity index (χ1) is 13.0. The van der Waals surface area contributed by atoms with Crippen LogP contribution in [-0.4, -0.2) is 52.7 Å². The van der Waals surface area contributed by atoms with Crippen LogP contribution in [0.1, 0.15) is 20.8 Å². The zero-order chi connectivity index (χ0) is 20.4. The highest BCUT2D eigenvalue weighted by Crippen LogP contribution is 2.44. The Kier molecular flexibility index (Phi) is 4.67. The van der Waals surface area contributed by atoms with Gasteiger partial charge in [0, 0.05) is 37.0 Å². The summed E-state index contributed by atoms with van der Waals surface area (Å²) in [5.74, 6) is -0.0207. The van der Waals surface area contributed by atoms with Gasteiger partial charge in [-0.05, 0) is 54.4 Å². The monoisotopic (exact) mass is 490 g/mol. The Balaban J connectivity index is 1.52. The van der Waals surface area contributed by atoms with Crippen LogP contribution >= 0.6 is 39.1 Å². The van der Waals surface area contributed by atoms with E-state index in [1.54, 1.807) is 11.0 Å². The largest absolute Gasteiger partial charge is 0.444 e. The van der Waals surface area contributed by atoms with Gasteiger partial charge in [-0.25, -0.2) is 14.2 Å². The number of carbonyl (C=O) groups is 1. The maximum atomic E-state index is 14.6. The number of benzene rings is 1. The highest BCUT2D eigenvalue weighted by Gasteiger charge is 2.54. The Labute approximate surface area is 180 Å². The third kappa shape index (κ3) is 3.39. The van der Waals surface area contributed by atoms with Crippen LogP contribution in [0.4, 0.5) is 15.0 Å². The number of likely N-dealkylation sites (tertiary alicyclic amines) is 1. The highest BCUT2D eigenvalue weighted by molar-refractivity contribution is 9.10. The second kappa shape index (κ2) is 6.57. The van der Waals surface area contributed by atoms with Crippen molar-refractivity contribution in [3.63, 3.8) is 0 Å². The molecule has 0 radical (unpaired) electrons. The van der Waals surface area contributed by atoms with Gasteiger partial charge >= 0.3 is 6.09 Å². The fourth-order valence-electron chi connectivity index (χ4n) is 3.70. The minimum absolute atomic E-state index is 0.00163. The van der Waals surface area contributed by atoms with Crippen molar-refractivity contribution in [3.8, 4) is 0 Å². The van der Waals surface area contributed by atoms with Crippen LogP contribution in [0.25, 0.3) is 10.9 Å². The lowest BCUT2D eigenvalue weighted by Gasteiger charge is -2.60. The lowest BCUT2D eigenvalue weighted by molar-refractivity contribution is -0.0454. The topological polar surface area (TPSA) is 58.6 Å². The molecule has 28 heavy (non-hydrogen) atoms. The zero-order valence-corrected chi connectivity index (χ0v) is 18.6. The van der Waals surface area contributed by atoms with Crippen LogP contribution in [0.5, 0.6) is 0 Å². The number of halogens is 4. The fraction of sp³-hybridized carbons (Fsp3) is 0.500. The molecule has 0 atom stereocenters. The molecule has 0 N–H and O–H groups in total. The van der Waals surface area contributed by atoms with Crippen LogP contribution in [0.15, 0.2) is 10.5 Å². The molecule has 2 aromatic rings. The lowest BCUT2D eigenvalue weighted by Crippen LogP contribution is -2.73. The highest BCUT2D eigenvalue weighted by atomic mass is 79.9. The molecular formula is C18H18BrCl2FN4O2. The molecule has 2 aliphatic heterocycles. The first kappa shape index (κ1) is 19.9. The molecule has 10 heteroatoms. The average Bonchev–Trinajstić information content (AvgIpc) is 2.49. The molecule has 0 bridgehead atoms. The van der Waals surface area contributed by atoms with E-state index in [2.05, 4.69) is 25.9 Å². The Morgan fingerprint density at radius 2 is 1.89 bits per heavy atom. The van der Waals surface area contributed by atoms with Crippen molar-refractivity contribution in [1.82, 2.24) is 14.9 Å². The fourth-order valence-corrected chi connectivity index (χ4v) is 4.36. The van der Waals surface area contributed by atoms with Gasteiger partial charge in [-0.2, -0.15) is 4.98 Å². The second-order valence-electron chi connectivity index (χ2n) is 8.39. The van der Waals surface area contributed by atoms with E-state index in [-0.39, 0.29) is 31.8 Å². The van der Waals surface area contributed by atoms with E-state index in [9.17, 15) is 9.18 Å². The Bertz CT molecular complexity index is 984. The van der Waals surface area contributed by atoms with Gasteiger partial charge in [0.1, 0.15) is 16.9 Å². The van der Waals surface area contributed by atoms with Crippen molar-refractivity contribution in [1.29, 1.82) is 0 Å². The van der Waals surface area contributed by atoms with Crippen molar-refractivity contribution < 1.29 is 13.9 Å². The number of rotatable bonds is 1. The van der Waals surface area contributed by atoms with Gasteiger partial charge in [-0.3, -0.25) is 0 Å². The number of hydrogen-bond donors (Lipinski definition) is 0. The maximum Gasteiger partial charge on any atom is 0.410 e. The molecule has 4 rings (SSSR count). The molecule has 3 heterocycles. The molecule has 2 fully saturated rings. The van der Waals surface area contributed by atoms with E-state index in [4.69, 9.17) is 27.9 Å². The lowest BCUT2D eigenvalue weighted by atomic mass is 9.73. The quantitative estimate of drug-likeness (QED) is 0.419. The van der Waals surface area contributed by atoms with Gasteiger partial charge in [0.2, 0.25) is 5.28 Å². The third-order valence-electron chi connectivity index (χ3n) is 4.84. The normalized spacial score (nSPS) is 18.2. The molecule has 0 unspecified atom stereocenters. The molecule has 1 aromatic heterocycles. The van der Waals surface area contributed by atoms with E-state index in [0.717, 1.165) is 0 Å². The predicted molar refractivity (Wildman–Crippen MR) is 110 cm³/mol. The number of carbonyl (C=O) groups excluding carboxylic acids is 1. The Morgan fingerprint density at radius 1 is 1.25 bits per heavy atom. The van der Waals surface area contributed by atoms with E-state index in [1.165, 1.54) is 0 Å². The minimum Gasteiger partial charge on any atom is -0.444 e. The first-order valence-electron chi connectivity index (χ1n) is 8.72. The molecule has 1 spiro atoms. The van der Waals surface area contributed by atoms with Gasteiger partial charge in [-0.15, -0.1) is 0 Å². The molecule has 1 aromatic carbocycles. The summed E-state index contributed by atoms with van der Waals surface area (Å²) >= 11 is 15.3. The van der Waals surface area contributed by atoms with Crippen LogP contribution in [-0.2, 0) is 4.74 Å². The first-order valence-corrected chi connectivity index (χ1v) is 10.3. The van der Waals surface area contributed by atoms with Crippen molar-refractivity contribution in [2.24, 2.45) is 5.41 Å². The van der Waals surface area contributed by atoms with Gasteiger partial charge in [0.15, 0.2) is 5.82 Å². The third-order valence-corrected chi connectivity index (χ3v) is 6.31. The summed E-state index contributed by atoms with van der Waals surface area (Å²) in [6, 6.07) is 1.63. The van der Waals surface area contributed by atoms with Crippen LogP contribution in [0.2, 0.25) is 10.3 Å². The van der Waals surface area contributed by atoms with E-state index >= 15 is 0 Å². The number of hydrogen-bond acceptors (Lipinski definition) is 5. The van der Waals surface area contributed by atoms with Crippen molar-refractivity contribution in [2.75, 3.05) is 31.1 Å². The van der Waals surface area contributed by atoms with Crippen LogP contribution < -0.4 is 4.90 Å². The maximum absolute atomic E-state index is 14.6. The van der Waals surface area contributed by atoms with Crippen molar-refractivity contribution in [2.45, 2.75) is 26.4 Å². The second-order valence-corrected chi connectivity index (χ2v) is 9.93. The van der Waals surface area contributed by atoms with E-state index < -0.39 is 11.4 Å². The van der Waals surface area contributed by atoms with Crippen LogP contribution in [0, 0.1) is 11.2 Å². The summed E-state index contributed by atoms with van der Waals surface area (Å²) in [6.07, 6.45) is -0.300. The van der Waals surface area contributed by atoms with Gasteiger partial charge in [0.05, 0.1) is 9.50 Å². The standard InChI is InChI=1S/C18H18BrCl2FN4O2/c1-17(2,3)28-16(27)26-7-18(8-26)5-25(6-18)14-9-4-10(20)11(19)12(22)13(9)23-15(21)24-14/h4H,5-8H2,1-3H3.